The van der Waals surface area contributed by atoms with E-state index < -0.39 is 0 Å². The second-order valence-corrected chi connectivity index (χ2v) is 7.90. The Bertz CT molecular complexity index is 564. The van der Waals surface area contributed by atoms with Crippen LogP contribution >= 0.6 is 23.4 Å². The molecule has 1 aliphatic rings. The zero-order valence-electron chi connectivity index (χ0n) is 15.3. The van der Waals surface area contributed by atoms with Crippen LogP contribution in [0.4, 0.5) is 5.82 Å². The molecule has 0 radical (unpaired) electrons. The van der Waals surface area contributed by atoms with E-state index in [0.29, 0.717) is 28.5 Å². The van der Waals surface area contributed by atoms with Gasteiger partial charge in [0.1, 0.15) is 11.0 Å². The third-order valence-electron chi connectivity index (χ3n) is 4.18. The van der Waals surface area contributed by atoms with Gasteiger partial charge in [-0.05, 0) is 18.9 Å². The molecule has 0 spiro atoms. The van der Waals surface area contributed by atoms with Crippen LogP contribution < -0.4 is 10.2 Å². The molecule has 25 heavy (non-hydrogen) atoms. The van der Waals surface area contributed by atoms with E-state index in [1.165, 1.54) is 11.8 Å². The molecule has 1 N–H and O–H groups in total. The first-order chi connectivity index (χ1) is 12.0. The number of amides is 1. The molecule has 1 aromatic rings. The molecule has 0 aromatic carbocycles. The topological polar surface area (TPSA) is 61.4 Å². The second kappa shape index (κ2) is 10.2. The van der Waals surface area contributed by atoms with E-state index in [0.717, 1.165) is 45.0 Å². The number of nitrogens with zero attached hydrogens (tertiary/aromatic N) is 4. The number of aromatic nitrogens is 2. The van der Waals surface area contributed by atoms with Crippen molar-refractivity contribution in [3.8, 4) is 0 Å². The van der Waals surface area contributed by atoms with E-state index in [1.54, 1.807) is 6.07 Å². The number of carbonyl (C=O) groups excluding carboxylic acids is 1. The predicted octanol–water partition coefficient (Wildman–Crippen LogP) is 2.53. The van der Waals surface area contributed by atoms with Crippen molar-refractivity contribution in [2.24, 2.45) is 5.92 Å². The summed E-state index contributed by atoms with van der Waals surface area (Å²) >= 11 is 7.49. The summed E-state index contributed by atoms with van der Waals surface area (Å²) < 4.78 is 0. The summed E-state index contributed by atoms with van der Waals surface area (Å²) in [5.41, 5.74) is 0. The molecule has 1 aromatic heterocycles. The highest BCUT2D eigenvalue weighted by molar-refractivity contribution is 7.99. The zero-order chi connectivity index (χ0) is 18.2. The van der Waals surface area contributed by atoms with Crippen molar-refractivity contribution in [1.82, 2.24) is 20.2 Å². The summed E-state index contributed by atoms with van der Waals surface area (Å²) in [5.74, 6) is 1.74. The maximum absolute atomic E-state index is 11.9. The number of anilines is 1. The smallest absolute Gasteiger partial charge is 0.230 e. The molecule has 1 amide bonds. The Kier molecular flexibility index (Phi) is 8.26. The first kappa shape index (κ1) is 20.3. The lowest BCUT2D eigenvalue weighted by Gasteiger charge is -2.34. The van der Waals surface area contributed by atoms with Crippen LogP contribution in [-0.2, 0) is 4.79 Å². The Balaban J connectivity index is 1.87. The molecule has 0 saturated carbocycles. The Morgan fingerprint density at radius 1 is 1.32 bits per heavy atom. The van der Waals surface area contributed by atoms with Crippen molar-refractivity contribution < 1.29 is 4.79 Å². The van der Waals surface area contributed by atoms with Crippen LogP contribution in [0.3, 0.4) is 0 Å². The number of hydrogen-bond acceptors (Lipinski definition) is 6. The minimum Gasteiger partial charge on any atom is -0.355 e. The fraction of sp³-hybridized carbons (Fsp3) is 0.706. The molecule has 0 bridgehead atoms. The van der Waals surface area contributed by atoms with Gasteiger partial charge in [0, 0.05) is 38.8 Å². The number of halogens is 1. The summed E-state index contributed by atoms with van der Waals surface area (Å²) in [5, 5.41) is 3.90. The highest BCUT2D eigenvalue weighted by atomic mass is 35.5. The average Bonchev–Trinajstić information content (AvgIpc) is 2.59. The zero-order valence-corrected chi connectivity index (χ0v) is 16.9. The van der Waals surface area contributed by atoms with Gasteiger partial charge in [-0.15, -0.1) is 0 Å². The Hall–Kier alpha value is -1.05. The number of rotatable bonds is 8. The van der Waals surface area contributed by atoms with Crippen molar-refractivity contribution in [3.63, 3.8) is 0 Å². The summed E-state index contributed by atoms with van der Waals surface area (Å²) in [6.07, 6.45) is 0.984. The maximum Gasteiger partial charge on any atom is 0.230 e. The van der Waals surface area contributed by atoms with E-state index in [4.69, 9.17) is 11.6 Å². The minimum atomic E-state index is 0.00679. The molecule has 140 valence electrons. The Morgan fingerprint density at radius 3 is 2.68 bits per heavy atom. The molecule has 1 fully saturated rings. The minimum absolute atomic E-state index is 0.00679. The van der Waals surface area contributed by atoms with Crippen LogP contribution in [0.15, 0.2) is 11.2 Å². The molecular formula is C17H28ClN5OS. The third kappa shape index (κ3) is 6.99. The third-order valence-corrected chi connectivity index (χ3v) is 5.22. The molecule has 1 saturated heterocycles. The van der Waals surface area contributed by atoms with Gasteiger partial charge in [0.15, 0.2) is 5.16 Å². The van der Waals surface area contributed by atoms with Gasteiger partial charge < -0.3 is 15.1 Å². The lowest BCUT2D eigenvalue weighted by Crippen LogP contribution is -2.46. The lowest BCUT2D eigenvalue weighted by molar-refractivity contribution is -0.118. The fourth-order valence-electron chi connectivity index (χ4n) is 2.59. The summed E-state index contributed by atoms with van der Waals surface area (Å²) in [6, 6.07) is 1.80. The average molecular weight is 386 g/mol. The Morgan fingerprint density at radius 2 is 2.04 bits per heavy atom. The van der Waals surface area contributed by atoms with Crippen molar-refractivity contribution in [2.75, 3.05) is 49.9 Å². The van der Waals surface area contributed by atoms with Gasteiger partial charge in [-0.1, -0.05) is 44.1 Å². The van der Waals surface area contributed by atoms with Crippen LogP contribution in [0, 0.1) is 5.92 Å². The van der Waals surface area contributed by atoms with Gasteiger partial charge in [-0.25, -0.2) is 9.97 Å². The van der Waals surface area contributed by atoms with E-state index in [2.05, 4.69) is 45.9 Å². The van der Waals surface area contributed by atoms with Crippen molar-refractivity contribution in [1.29, 1.82) is 0 Å². The highest BCUT2D eigenvalue weighted by Gasteiger charge is 2.18. The molecule has 2 rings (SSSR count). The molecule has 1 aliphatic heterocycles. The van der Waals surface area contributed by atoms with Crippen LogP contribution in [0.2, 0.25) is 5.15 Å². The standard InChI is InChI=1S/C17H28ClN5OS/c1-4-22-7-9-23(10-8-22)15-11-14(18)20-17(21-15)25-12-16(24)19-6-5-13(2)3/h11,13H,4-10,12H2,1-3H3,(H,19,24). The van der Waals surface area contributed by atoms with Gasteiger partial charge in [-0.3, -0.25) is 4.79 Å². The second-order valence-electron chi connectivity index (χ2n) is 6.57. The van der Waals surface area contributed by atoms with E-state index in [9.17, 15) is 4.79 Å². The largest absolute Gasteiger partial charge is 0.355 e. The number of thioether (sulfide) groups is 1. The van der Waals surface area contributed by atoms with Crippen LogP contribution in [0.1, 0.15) is 27.2 Å². The maximum atomic E-state index is 11.9. The number of piperazine rings is 1. The first-order valence-corrected chi connectivity index (χ1v) is 10.3. The summed E-state index contributed by atoms with van der Waals surface area (Å²) in [4.78, 5) is 25.4. The summed E-state index contributed by atoms with van der Waals surface area (Å²) in [7, 11) is 0. The molecule has 2 heterocycles. The monoisotopic (exact) mass is 385 g/mol. The van der Waals surface area contributed by atoms with Crippen molar-refractivity contribution in [3.05, 3.63) is 11.2 Å². The van der Waals surface area contributed by atoms with Gasteiger partial charge >= 0.3 is 0 Å². The van der Waals surface area contributed by atoms with E-state index >= 15 is 0 Å². The number of likely N-dealkylation sites (N-methyl/N-ethyl adjacent to an activating group) is 1. The first-order valence-electron chi connectivity index (χ1n) is 8.89. The Labute approximate surface area is 159 Å². The van der Waals surface area contributed by atoms with E-state index in [1.807, 2.05) is 0 Å². The van der Waals surface area contributed by atoms with E-state index in [-0.39, 0.29) is 5.91 Å². The normalized spacial score (nSPS) is 15.6. The molecule has 0 atom stereocenters. The number of carbonyl (C=O) groups is 1. The lowest BCUT2D eigenvalue weighted by atomic mass is 10.1. The van der Waals surface area contributed by atoms with Gasteiger partial charge in [0.25, 0.3) is 0 Å². The summed E-state index contributed by atoms with van der Waals surface area (Å²) in [6.45, 7) is 12.2. The van der Waals surface area contributed by atoms with Crippen LogP contribution in [0.25, 0.3) is 0 Å². The van der Waals surface area contributed by atoms with Gasteiger partial charge in [0.2, 0.25) is 5.91 Å². The predicted molar refractivity (Wildman–Crippen MR) is 105 cm³/mol. The fourth-order valence-corrected chi connectivity index (χ4v) is 3.50. The molecule has 8 heteroatoms. The van der Waals surface area contributed by atoms with Crippen LogP contribution in [0.5, 0.6) is 0 Å². The van der Waals surface area contributed by atoms with Gasteiger partial charge in [-0.2, -0.15) is 0 Å². The van der Waals surface area contributed by atoms with Crippen molar-refractivity contribution >= 4 is 35.1 Å². The number of nitrogens with one attached hydrogen (secondary N) is 1. The molecular weight excluding hydrogens is 358 g/mol. The number of hydrogen-bond donors (Lipinski definition) is 1. The van der Waals surface area contributed by atoms with Crippen LogP contribution in [-0.4, -0.2) is 65.8 Å². The molecule has 6 nitrogen and oxygen atoms in total. The van der Waals surface area contributed by atoms with Gasteiger partial charge in [0.05, 0.1) is 5.75 Å². The van der Waals surface area contributed by atoms with Crippen molar-refractivity contribution in [2.45, 2.75) is 32.3 Å². The quantitative estimate of drug-likeness (QED) is 0.421. The molecule has 0 unspecified atom stereocenters. The highest BCUT2D eigenvalue weighted by Crippen LogP contribution is 2.22. The molecule has 0 aliphatic carbocycles. The SMILES string of the molecule is CCN1CCN(c2cc(Cl)nc(SCC(=O)NCCC(C)C)n2)CC1.